The van der Waals surface area contributed by atoms with Gasteiger partial charge in [0.15, 0.2) is 0 Å². The first-order valence-corrected chi connectivity index (χ1v) is 6.34. The van der Waals surface area contributed by atoms with Gasteiger partial charge in [-0.2, -0.15) is 0 Å². The normalized spacial score (nSPS) is 11.5. The fraction of sp³-hybridized carbons (Fsp3) is 0.200. The van der Waals surface area contributed by atoms with Crippen LogP contribution in [0.3, 0.4) is 0 Å². The van der Waals surface area contributed by atoms with E-state index in [-0.39, 0.29) is 0 Å². The van der Waals surface area contributed by atoms with Crippen LogP contribution >= 0.6 is 9.39 Å². The molecule has 1 unspecified atom stereocenters. The van der Waals surface area contributed by atoms with Crippen LogP contribution in [0.2, 0.25) is 0 Å². The molecular formula is C15H19NP+. The minimum absolute atomic E-state index is 0.781. The lowest BCUT2D eigenvalue weighted by molar-refractivity contribution is 0.659. The van der Waals surface area contributed by atoms with Gasteiger partial charge in [0, 0.05) is 12.0 Å². The molecular weight excluding hydrogens is 225 g/mol. The van der Waals surface area contributed by atoms with Crippen molar-refractivity contribution in [3.63, 3.8) is 0 Å². The topological polar surface area (TPSA) is 0 Å². The van der Waals surface area contributed by atoms with Crippen molar-refractivity contribution in [3.05, 3.63) is 65.7 Å². The molecule has 0 aliphatic rings. The molecule has 0 heterocycles. The largest absolute Gasteiger partial charge is 0.287 e. The summed E-state index contributed by atoms with van der Waals surface area (Å²) in [6.07, 6.45) is 0.993. The predicted molar refractivity (Wildman–Crippen MR) is 79.0 cm³/mol. The molecule has 0 saturated carbocycles. The van der Waals surface area contributed by atoms with Crippen LogP contribution in [0.15, 0.2) is 54.6 Å². The Morgan fingerprint density at radius 3 is 2.12 bits per heavy atom. The summed E-state index contributed by atoms with van der Waals surface area (Å²) >= 11 is 0. The molecule has 1 nitrogen and oxygen atoms in total. The second kappa shape index (κ2) is 5.00. The number of hydrogen-bond donors (Lipinski definition) is 0. The minimum atomic E-state index is 0.781. The molecule has 0 amide bonds. The van der Waals surface area contributed by atoms with Crippen molar-refractivity contribution < 1.29 is 0 Å². The molecule has 2 aromatic rings. The summed E-state index contributed by atoms with van der Waals surface area (Å²) < 4.78 is 0.781. The number of rotatable bonds is 3. The van der Waals surface area contributed by atoms with E-state index in [2.05, 4.69) is 78.1 Å². The zero-order valence-electron chi connectivity index (χ0n) is 10.4. The standard InChI is InChI=1S/C15H19NP/c1-16(2,17)15-11-7-6-10-14(15)12-13-8-4-3-5-9-13/h3-11H,12,17H2,1-2H3/q+1. The van der Waals surface area contributed by atoms with Crippen LogP contribution in [-0.2, 0) is 6.42 Å². The maximum Gasteiger partial charge on any atom is 0.136 e. The van der Waals surface area contributed by atoms with Crippen LogP contribution in [0.4, 0.5) is 5.69 Å². The van der Waals surface area contributed by atoms with Gasteiger partial charge < -0.3 is 0 Å². The van der Waals surface area contributed by atoms with Crippen molar-refractivity contribution in [2.24, 2.45) is 0 Å². The highest BCUT2D eigenvalue weighted by Crippen LogP contribution is 2.29. The van der Waals surface area contributed by atoms with E-state index in [1.54, 1.807) is 0 Å². The third-order valence-corrected chi connectivity index (χ3v) is 3.13. The first-order valence-electron chi connectivity index (χ1n) is 5.82. The molecule has 0 saturated heterocycles. The van der Waals surface area contributed by atoms with Crippen molar-refractivity contribution in [1.29, 1.82) is 0 Å². The first-order chi connectivity index (χ1) is 8.07. The second-order valence-electron chi connectivity index (χ2n) is 4.83. The highest BCUT2D eigenvalue weighted by molar-refractivity contribution is 7.16. The zero-order valence-corrected chi connectivity index (χ0v) is 11.6. The van der Waals surface area contributed by atoms with Crippen LogP contribution in [0, 0.1) is 0 Å². The van der Waals surface area contributed by atoms with Gasteiger partial charge in [-0.15, -0.1) is 0 Å². The summed E-state index contributed by atoms with van der Waals surface area (Å²) in [7, 11) is 7.22. The Morgan fingerprint density at radius 2 is 1.47 bits per heavy atom. The van der Waals surface area contributed by atoms with E-state index >= 15 is 0 Å². The number of benzene rings is 2. The summed E-state index contributed by atoms with van der Waals surface area (Å²) in [5.41, 5.74) is 4.10. The number of para-hydroxylation sites is 1. The smallest absolute Gasteiger partial charge is 0.136 e. The van der Waals surface area contributed by atoms with Gasteiger partial charge in [-0.05, 0) is 11.6 Å². The Bertz CT molecular complexity index is 486. The molecule has 88 valence electrons. The monoisotopic (exact) mass is 244 g/mol. The van der Waals surface area contributed by atoms with Gasteiger partial charge in [-0.25, -0.2) is 0 Å². The lowest BCUT2D eigenvalue weighted by Gasteiger charge is -2.25. The molecule has 0 fully saturated rings. The quantitative estimate of drug-likeness (QED) is 0.723. The van der Waals surface area contributed by atoms with E-state index in [0.717, 1.165) is 10.7 Å². The van der Waals surface area contributed by atoms with E-state index in [9.17, 15) is 0 Å². The molecule has 0 aliphatic carbocycles. The molecule has 17 heavy (non-hydrogen) atoms. The van der Waals surface area contributed by atoms with Crippen LogP contribution in [0.5, 0.6) is 0 Å². The molecule has 0 bridgehead atoms. The third-order valence-electron chi connectivity index (χ3n) is 2.85. The maximum atomic E-state index is 2.87. The second-order valence-corrected chi connectivity index (χ2v) is 6.12. The summed E-state index contributed by atoms with van der Waals surface area (Å²) in [5.74, 6) is 0. The predicted octanol–water partition coefficient (Wildman–Crippen LogP) is 3.63. The summed E-state index contributed by atoms with van der Waals surface area (Å²) in [5, 5.41) is 0. The summed E-state index contributed by atoms with van der Waals surface area (Å²) in [6, 6.07) is 19.2. The van der Waals surface area contributed by atoms with E-state index in [1.807, 2.05) is 0 Å². The Balaban J connectivity index is 2.34. The number of nitrogens with zero attached hydrogens (tertiary/aromatic N) is 1. The van der Waals surface area contributed by atoms with Crippen LogP contribution in [0.1, 0.15) is 11.1 Å². The SMILES string of the molecule is C[N+](C)(P)c1ccccc1Cc1ccccc1. The van der Waals surface area contributed by atoms with Crippen molar-refractivity contribution in [2.75, 3.05) is 14.1 Å². The van der Waals surface area contributed by atoms with Gasteiger partial charge in [-0.1, -0.05) is 48.5 Å². The van der Waals surface area contributed by atoms with Crippen molar-refractivity contribution in [3.8, 4) is 0 Å². The molecule has 0 aliphatic heterocycles. The average Bonchev–Trinajstić information content (AvgIpc) is 2.30. The minimum Gasteiger partial charge on any atom is -0.287 e. The number of hydrogen-bond acceptors (Lipinski definition) is 0. The molecule has 0 radical (unpaired) electrons. The Hall–Kier alpha value is -1.17. The lowest BCUT2D eigenvalue weighted by atomic mass is 10.0. The van der Waals surface area contributed by atoms with Gasteiger partial charge in [0.1, 0.15) is 5.69 Å². The Labute approximate surface area is 106 Å². The Kier molecular flexibility index (Phi) is 3.61. The van der Waals surface area contributed by atoms with Gasteiger partial charge in [-0.3, -0.25) is 4.25 Å². The molecule has 2 heteroatoms. The van der Waals surface area contributed by atoms with Gasteiger partial charge in [0.2, 0.25) is 0 Å². The van der Waals surface area contributed by atoms with Gasteiger partial charge >= 0.3 is 0 Å². The highest BCUT2D eigenvalue weighted by atomic mass is 31.0. The molecule has 2 aromatic carbocycles. The zero-order chi connectivity index (χ0) is 12.3. The van der Waals surface area contributed by atoms with Crippen LogP contribution in [-0.4, -0.2) is 14.1 Å². The van der Waals surface area contributed by atoms with E-state index in [1.165, 1.54) is 16.8 Å². The molecule has 1 atom stereocenters. The average molecular weight is 244 g/mol. The van der Waals surface area contributed by atoms with Crippen molar-refractivity contribution in [1.82, 2.24) is 4.25 Å². The third kappa shape index (κ3) is 3.15. The molecule has 0 aromatic heterocycles. The number of quaternary nitrogens is 1. The maximum absolute atomic E-state index is 2.87. The summed E-state index contributed by atoms with van der Waals surface area (Å²) in [4.78, 5) is 0. The highest BCUT2D eigenvalue weighted by Gasteiger charge is 2.16. The van der Waals surface area contributed by atoms with Crippen molar-refractivity contribution in [2.45, 2.75) is 6.42 Å². The Morgan fingerprint density at radius 1 is 0.882 bits per heavy atom. The first kappa shape index (κ1) is 12.3. The van der Waals surface area contributed by atoms with Gasteiger partial charge in [0.05, 0.1) is 23.5 Å². The van der Waals surface area contributed by atoms with Crippen LogP contribution in [0.25, 0.3) is 0 Å². The van der Waals surface area contributed by atoms with Crippen molar-refractivity contribution >= 4 is 15.1 Å². The molecule has 0 spiro atoms. The van der Waals surface area contributed by atoms with Crippen LogP contribution < -0.4 is 4.25 Å². The fourth-order valence-corrected chi connectivity index (χ4v) is 2.29. The molecule has 2 rings (SSSR count). The fourth-order valence-electron chi connectivity index (χ4n) is 2.04. The van der Waals surface area contributed by atoms with E-state index < -0.39 is 0 Å². The van der Waals surface area contributed by atoms with E-state index in [4.69, 9.17) is 0 Å². The molecule has 0 N–H and O–H groups in total. The van der Waals surface area contributed by atoms with E-state index in [0.29, 0.717) is 0 Å². The summed E-state index contributed by atoms with van der Waals surface area (Å²) in [6.45, 7) is 0. The van der Waals surface area contributed by atoms with Gasteiger partial charge in [0.25, 0.3) is 0 Å². The lowest BCUT2D eigenvalue weighted by Crippen LogP contribution is -2.27.